The monoisotopic (exact) mass is 204 g/mol. The van der Waals surface area contributed by atoms with Gasteiger partial charge in [0.25, 0.3) is 0 Å². The molecule has 3 unspecified atom stereocenters. The van der Waals surface area contributed by atoms with Crippen LogP contribution in [0.25, 0.3) is 0 Å². The van der Waals surface area contributed by atoms with Crippen molar-refractivity contribution in [2.24, 2.45) is 0 Å². The van der Waals surface area contributed by atoms with Crippen molar-refractivity contribution in [2.75, 3.05) is 11.5 Å². The summed E-state index contributed by atoms with van der Waals surface area (Å²) in [6.45, 7) is 5.85. The van der Waals surface area contributed by atoms with E-state index in [1.165, 1.54) is 11.5 Å². The summed E-state index contributed by atoms with van der Waals surface area (Å²) in [5.41, 5.74) is 0. The Morgan fingerprint density at radius 2 is 2.25 bits per heavy atom. The Labute approximate surface area is 83.0 Å². The molecule has 1 heterocycles. The van der Waals surface area contributed by atoms with E-state index in [-0.39, 0.29) is 6.10 Å². The maximum absolute atomic E-state index is 9.74. The van der Waals surface area contributed by atoms with Crippen LogP contribution in [0, 0.1) is 0 Å². The molecular weight excluding hydrogens is 188 g/mol. The topological polar surface area (TPSA) is 20.2 Å². The van der Waals surface area contributed by atoms with Gasteiger partial charge < -0.3 is 5.11 Å². The smallest absolute Gasteiger partial charge is 0.0703 e. The lowest BCUT2D eigenvalue weighted by molar-refractivity contribution is 0.174. The van der Waals surface area contributed by atoms with Gasteiger partial charge in [0.1, 0.15) is 0 Å². The Kier molecular flexibility index (Phi) is 4.54. The van der Waals surface area contributed by atoms with Gasteiger partial charge in [0.15, 0.2) is 0 Å². The first-order valence-electron chi connectivity index (χ1n) is 4.28. The van der Waals surface area contributed by atoms with Crippen molar-refractivity contribution in [1.82, 2.24) is 0 Å². The zero-order valence-electron chi connectivity index (χ0n) is 7.40. The van der Waals surface area contributed by atoms with Crippen LogP contribution in [0.4, 0.5) is 0 Å². The normalized spacial score (nSPS) is 32.8. The van der Waals surface area contributed by atoms with Crippen LogP contribution >= 0.6 is 23.5 Å². The van der Waals surface area contributed by atoms with Gasteiger partial charge in [-0.3, -0.25) is 0 Å². The third kappa shape index (κ3) is 2.71. The predicted molar refractivity (Wildman–Crippen MR) is 59.0 cm³/mol. The van der Waals surface area contributed by atoms with E-state index in [2.05, 4.69) is 13.5 Å². The molecule has 12 heavy (non-hydrogen) atoms. The van der Waals surface area contributed by atoms with E-state index in [4.69, 9.17) is 0 Å². The molecule has 1 fully saturated rings. The van der Waals surface area contributed by atoms with Crippen molar-refractivity contribution in [1.29, 1.82) is 0 Å². The average Bonchev–Trinajstić information content (AvgIpc) is 2.05. The van der Waals surface area contributed by atoms with Gasteiger partial charge in [0.2, 0.25) is 0 Å². The third-order valence-corrected chi connectivity index (χ3v) is 5.26. The summed E-state index contributed by atoms with van der Waals surface area (Å²) >= 11 is 3.87. The van der Waals surface area contributed by atoms with Crippen LogP contribution < -0.4 is 0 Å². The molecule has 0 aromatic carbocycles. The van der Waals surface area contributed by atoms with Crippen LogP contribution in [-0.2, 0) is 0 Å². The molecule has 0 aliphatic carbocycles. The molecule has 0 spiro atoms. The Balaban J connectivity index is 2.41. The molecule has 0 radical (unpaired) electrons. The first kappa shape index (κ1) is 10.5. The largest absolute Gasteiger partial charge is 0.392 e. The quantitative estimate of drug-likeness (QED) is 0.711. The summed E-state index contributed by atoms with van der Waals surface area (Å²) in [4.78, 5) is 0. The molecule has 3 atom stereocenters. The van der Waals surface area contributed by atoms with E-state index < -0.39 is 0 Å². The molecule has 0 aromatic heterocycles. The number of hydrogen-bond donors (Lipinski definition) is 1. The summed E-state index contributed by atoms with van der Waals surface area (Å²) in [6, 6.07) is 0. The van der Waals surface area contributed by atoms with Gasteiger partial charge in [-0.1, -0.05) is 13.0 Å². The van der Waals surface area contributed by atoms with Crippen LogP contribution in [0.1, 0.15) is 13.3 Å². The van der Waals surface area contributed by atoms with Gasteiger partial charge in [-0.25, -0.2) is 0 Å². The lowest BCUT2D eigenvalue weighted by Gasteiger charge is -2.31. The Morgan fingerprint density at radius 1 is 1.58 bits per heavy atom. The van der Waals surface area contributed by atoms with Crippen molar-refractivity contribution in [3.8, 4) is 0 Å². The van der Waals surface area contributed by atoms with E-state index in [1.54, 1.807) is 6.08 Å². The van der Waals surface area contributed by atoms with E-state index >= 15 is 0 Å². The third-order valence-electron chi connectivity index (χ3n) is 2.02. The molecule has 1 N–H and O–H groups in total. The summed E-state index contributed by atoms with van der Waals surface area (Å²) in [6.07, 6.45) is 2.33. The van der Waals surface area contributed by atoms with Gasteiger partial charge in [0.05, 0.1) is 6.10 Å². The molecule has 1 rings (SSSR count). The maximum atomic E-state index is 9.74. The van der Waals surface area contributed by atoms with E-state index in [0.717, 1.165) is 6.42 Å². The molecule has 0 amide bonds. The number of thioether (sulfide) groups is 2. The minimum atomic E-state index is -0.199. The van der Waals surface area contributed by atoms with Gasteiger partial charge in [-0.2, -0.15) is 23.5 Å². The standard InChI is InChI=1S/C9H16OS2/c1-3-4-8(10)9-7(2)11-5-6-12-9/h3,7-10H,1,4-6H2,2H3. The van der Waals surface area contributed by atoms with Gasteiger partial charge in [-0.05, 0) is 6.42 Å². The zero-order valence-corrected chi connectivity index (χ0v) is 9.03. The average molecular weight is 204 g/mol. The summed E-state index contributed by atoms with van der Waals surface area (Å²) in [5, 5.41) is 10.7. The second-order valence-corrected chi connectivity index (χ2v) is 5.77. The lowest BCUT2D eigenvalue weighted by atomic mass is 10.1. The molecule has 70 valence electrons. The van der Waals surface area contributed by atoms with Crippen molar-refractivity contribution in [2.45, 2.75) is 29.9 Å². The molecule has 0 aromatic rings. The summed E-state index contributed by atoms with van der Waals surface area (Å²) < 4.78 is 0. The van der Waals surface area contributed by atoms with Crippen molar-refractivity contribution in [3.05, 3.63) is 12.7 Å². The van der Waals surface area contributed by atoms with Gasteiger partial charge in [-0.15, -0.1) is 6.58 Å². The first-order chi connectivity index (χ1) is 5.75. The fourth-order valence-electron chi connectivity index (χ4n) is 1.38. The van der Waals surface area contributed by atoms with E-state index in [9.17, 15) is 5.11 Å². The molecular formula is C9H16OS2. The van der Waals surface area contributed by atoms with Crippen LogP contribution in [0.2, 0.25) is 0 Å². The minimum absolute atomic E-state index is 0.199. The fraction of sp³-hybridized carbons (Fsp3) is 0.778. The predicted octanol–water partition coefficient (Wildman–Crippen LogP) is 2.16. The fourth-order valence-corrected chi connectivity index (χ4v) is 4.24. The number of hydrogen-bond acceptors (Lipinski definition) is 3. The highest BCUT2D eigenvalue weighted by atomic mass is 32.2. The second kappa shape index (κ2) is 5.20. The molecule has 1 nitrogen and oxygen atoms in total. The minimum Gasteiger partial charge on any atom is -0.392 e. The van der Waals surface area contributed by atoms with E-state index in [0.29, 0.717) is 10.5 Å². The summed E-state index contributed by atoms with van der Waals surface area (Å²) in [7, 11) is 0. The summed E-state index contributed by atoms with van der Waals surface area (Å²) in [5.74, 6) is 2.40. The maximum Gasteiger partial charge on any atom is 0.0703 e. The second-order valence-electron chi connectivity index (χ2n) is 3.00. The first-order valence-corrected chi connectivity index (χ1v) is 6.37. The highest BCUT2D eigenvalue weighted by Crippen LogP contribution is 2.33. The molecule has 0 saturated carbocycles. The number of rotatable bonds is 3. The number of aliphatic hydroxyl groups is 1. The molecule has 0 bridgehead atoms. The van der Waals surface area contributed by atoms with Crippen LogP contribution in [0.5, 0.6) is 0 Å². The Hall–Kier alpha value is 0.400. The molecule has 3 heteroatoms. The Bertz CT molecular complexity index is 149. The zero-order chi connectivity index (χ0) is 8.97. The van der Waals surface area contributed by atoms with Gasteiger partial charge in [0, 0.05) is 22.0 Å². The highest BCUT2D eigenvalue weighted by molar-refractivity contribution is 8.07. The highest BCUT2D eigenvalue weighted by Gasteiger charge is 2.27. The molecule has 1 aliphatic heterocycles. The van der Waals surface area contributed by atoms with Crippen molar-refractivity contribution >= 4 is 23.5 Å². The van der Waals surface area contributed by atoms with Crippen LogP contribution in [0.15, 0.2) is 12.7 Å². The molecule has 1 aliphatic rings. The van der Waals surface area contributed by atoms with Crippen LogP contribution in [-0.4, -0.2) is 33.2 Å². The van der Waals surface area contributed by atoms with E-state index in [1.807, 2.05) is 23.5 Å². The van der Waals surface area contributed by atoms with Crippen molar-refractivity contribution < 1.29 is 5.11 Å². The molecule has 1 saturated heterocycles. The van der Waals surface area contributed by atoms with Crippen LogP contribution in [0.3, 0.4) is 0 Å². The van der Waals surface area contributed by atoms with Crippen molar-refractivity contribution in [3.63, 3.8) is 0 Å². The number of aliphatic hydroxyl groups excluding tert-OH is 1. The SMILES string of the molecule is C=CCC(O)C1SCCSC1C. The van der Waals surface area contributed by atoms with Gasteiger partial charge >= 0.3 is 0 Å². The Morgan fingerprint density at radius 3 is 2.83 bits per heavy atom. The lowest BCUT2D eigenvalue weighted by Crippen LogP contribution is -2.34.